The maximum Gasteiger partial charge on any atom is 0.251 e. The minimum Gasteiger partial charge on any atom is -0.397 e. The van der Waals surface area contributed by atoms with E-state index in [1.54, 1.807) is 24.4 Å². The van der Waals surface area contributed by atoms with Gasteiger partial charge >= 0.3 is 0 Å². The number of rotatable bonds is 5. The van der Waals surface area contributed by atoms with Crippen LogP contribution < -0.4 is 16.4 Å². The number of carbonyl (C=O) groups excluding carboxylic acids is 1. The summed E-state index contributed by atoms with van der Waals surface area (Å²) in [6.45, 7) is 5.14. The molecule has 0 aliphatic heterocycles. The molecule has 5 nitrogen and oxygen atoms in total. The number of aromatic nitrogens is 1. The van der Waals surface area contributed by atoms with Gasteiger partial charge in [0.05, 0.1) is 11.4 Å². The number of pyridine rings is 1. The highest BCUT2D eigenvalue weighted by molar-refractivity contribution is 5.96. The van der Waals surface area contributed by atoms with Crippen molar-refractivity contribution < 1.29 is 4.79 Å². The Balaban J connectivity index is 2.14. The Morgan fingerprint density at radius 3 is 2.86 bits per heavy atom. The molecule has 0 saturated carbocycles. The lowest BCUT2D eigenvalue weighted by molar-refractivity contribution is 0.0956. The van der Waals surface area contributed by atoms with Gasteiger partial charge in [-0.05, 0) is 49.2 Å². The first-order valence-electron chi connectivity index (χ1n) is 6.93. The SMILES string of the molecule is CCNC(=O)c1ccc(N)c(NCc2ccncc2C)c1. The summed E-state index contributed by atoms with van der Waals surface area (Å²) in [7, 11) is 0. The number of nitrogens with two attached hydrogens (primary N) is 1. The van der Waals surface area contributed by atoms with Gasteiger partial charge in [0, 0.05) is 31.0 Å². The zero-order valence-electron chi connectivity index (χ0n) is 12.3. The maximum atomic E-state index is 11.8. The summed E-state index contributed by atoms with van der Waals surface area (Å²) in [6, 6.07) is 7.21. The molecule has 0 atom stereocenters. The molecule has 0 aliphatic rings. The fraction of sp³-hybridized carbons (Fsp3) is 0.250. The van der Waals surface area contributed by atoms with Crippen molar-refractivity contribution in [1.29, 1.82) is 0 Å². The van der Waals surface area contributed by atoms with E-state index in [0.29, 0.717) is 24.3 Å². The molecule has 2 aromatic rings. The van der Waals surface area contributed by atoms with Gasteiger partial charge in [0.2, 0.25) is 0 Å². The number of nitrogen functional groups attached to an aromatic ring is 1. The molecule has 0 saturated heterocycles. The summed E-state index contributed by atoms with van der Waals surface area (Å²) in [5.41, 5.74) is 10.2. The molecule has 110 valence electrons. The van der Waals surface area contributed by atoms with Crippen LogP contribution in [0.2, 0.25) is 0 Å². The molecular weight excluding hydrogens is 264 g/mol. The van der Waals surface area contributed by atoms with Gasteiger partial charge in [-0.15, -0.1) is 0 Å². The molecule has 1 aromatic carbocycles. The smallest absolute Gasteiger partial charge is 0.251 e. The molecule has 2 rings (SSSR count). The number of nitrogens with one attached hydrogen (secondary N) is 2. The van der Waals surface area contributed by atoms with Crippen LogP contribution in [0.3, 0.4) is 0 Å². The lowest BCUT2D eigenvalue weighted by Crippen LogP contribution is -2.22. The van der Waals surface area contributed by atoms with E-state index < -0.39 is 0 Å². The molecule has 1 aromatic heterocycles. The number of anilines is 2. The highest BCUT2D eigenvalue weighted by atomic mass is 16.1. The van der Waals surface area contributed by atoms with Gasteiger partial charge in [0.1, 0.15) is 0 Å². The molecule has 0 spiro atoms. The molecule has 0 aliphatic carbocycles. The first-order chi connectivity index (χ1) is 10.1. The quantitative estimate of drug-likeness (QED) is 0.736. The van der Waals surface area contributed by atoms with Crippen LogP contribution in [0, 0.1) is 6.92 Å². The molecular formula is C16H20N4O. The molecule has 0 bridgehead atoms. The molecule has 0 radical (unpaired) electrons. The van der Waals surface area contributed by atoms with Crippen LogP contribution in [0.4, 0.5) is 11.4 Å². The Bertz CT molecular complexity index is 640. The molecule has 1 heterocycles. The average molecular weight is 284 g/mol. The zero-order valence-corrected chi connectivity index (χ0v) is 12.3. The number of amides is 1. The first kappa shape index (κ1) is 14.8. The van der Waals surface area contributed by atoms with Crippen molar-refractivity contribution in [2.45, 2.75) is 20.4 Å². The molecule has 0 unspecified atom stereocenters. The molecule has 0 fully saturated rings. The normalized spacial score (nSPS) is 10.2. The summed E-state index contributed by atoms with van der Waals surface area (Å²) in [5.74, 6) is -0.0966. The molecule has 1 amide bonds. The molecule has 5 heteroatoms. The van der Waals surface area contributed by atoms with Crippen molar-refractivity contribution in [3.63, 3.8) is 0 Å². The number of hydrogen-bond acceptors (Lipinski definition) is 4. The molecule has 21 heavy (non-hydrogen) atoms. The van der Waals surface area contributed by atoms with E-state index in [9.17, 15) is 4.79 Å². The summed E-state index contributed by atoms with van der Waals surface area (Å²) in [6.07, 6.45) is 3.59. The van der Waals surface area contributed by atoms with Crippen LogP contribution in [0.1, 0.15) is 28.4 Å². The van der Waals surface area contributed by atoms with E-state index in [-0.39, 0.29) is 5.91 Å². The fourth-order valence-corrected chi connectivity index (χ4v) is 2.00. The number of benzene rings is 1. The lowest BCUT2D eigenvalue weighted by Gasteiger charge is -2.12. The van der Waals surface area contributed by atoms with Crippen LogP contribution in [-0.4, -0.2) is 17.4 Å². The van der Waals surface area contributed by atoms with Gasteiger partial charge in [0.25, 0.3) is 5.91 Å². The number of carbonyl (C=O) groups is 1. The third-order valence-electron chi connectivity index (χ3n) is 3.26. The van der Waals surface area contributed by atoms with Crippen LogP contribution in [0.15, 0.2) is 36.7 Å². The van der Waals surface area contributed by atoms with Gasteiger partial charge in [-0.25, -0.2) is 0 Å². The van der Waals surface area contributed by atoms with Crippen molar-refractivity contribution in [1.82, 2.24) is 10.3 Å². The number of nitrogens with zero attached hydrogens (tertiary/aromatic N) is 1. The van der Waals surface area contributed by atoms with E-state index in [1.165, 1.54) is 0 Å². The zero-order chi connectivity index (χ0) is 15.2. The average Bonchev–Trinajstić information content (AvgIpc) is 2.48. The third-order valence-corrected chi connectivity index (χ3v) is 3.26. The van der Waals surface area contributed by atoms with E-state index >= 15 is 0 Å². The predicted octanol–water partition coefficient (Wildman–Crippen LogP) is 2.33. The largest absolute Gasteiger partial charge is 0.397 e. The standard InChI is InChI=1S/C16H20N4O/c1-3-19-16(21)12-4-5-14(17)15(8-12)20-10-13-6-7-18-9-11(13)2/h4-9,20H,3,10,17H2,1-2H3,(H,19,21). The Labute approximate surface area is 124 Å². The van der Waals surface area contributed by atoms with E-state index in [1.807, 2.05) is 26.1 Å². The second-order valence-electron chi connectivity index (χ2n) is 4.82. The Hall–Kier alpha value is -2.56. The van der Waals surface area contributed by atoms with E-state index in [0.717, 1.165) is 16.8 Å². The maximum absolute atomic E-state index is 11.8. The summed E-state index contributed by atoms with van der Waals surface area (Å²) < 4.78 is 0. The highest BCUT2D eigenvalue weighted by Crippen LogP contribution is 2.21. The monoisotopic (exact) mass is 284 g/mol. The topological polar surface area (TPSA) is 80.0 Å². The predicted molar refractivity (Wildman–Crippen MR) is 85.2 cm³/mol. The third kappa shape index (κ3) is 3.72. The van der Waals surface area contributed by atoms with Gasteiger partial charge in [0.15, 0.2) is 0 Å². The van der Waals surface area contributed by atoms with Crippen LogP contribution in [0.25, 0.3) is 0 Å². The second kappa shape index (κ2) is 6.74. The summed E-state index contributed by atoms with van der Waals surface area (Å²) in [4.78, 5) is 15.9. The van der Waals surface area contributed by atoms with Crippen LogP contribution in [0.5, 0.6) is 0 Å². The van der Waals surface area contributed by atoms with E-state index in [2.05, 4.69) is 15.6 Å². The minimum atomic E-state index is -0.0966. The van der Waals surface area contributed by atoms with Gasteiger partial charge in [-0.2, -0.15) is 0 Å². The second-order valence-corrected chi connectivity index (χ2v) is 4.82. The highest BCUT2D eigenvalue weighted by Gasteiger charge is 2.08. The van der Waals surface area contributed by atoms with Crippen LogP contribution >= 0.6 is 0 Å². The number of aryl methyl sites for hydroxylation is 1. The van der Waals surface area contributed by atoms with Crippen molar-refractivity contribution in [3.05, 3.63) is 53.3 Å². The summed E-state index contributed by atoms with van der Waals surface area (Å²) >= 11 is 0. The van der Waals surface area contributed by atoms with Gasteiger partial charge in [-0.1, -0.05) is 0 Å². The van der Waals surface area contributed by atoms with Crippen molar-refractivity contribution in [2.75, 3.05) is 17.6 Å². The van der Waals surface area contributed by atoms with E-state index in [4.69, 9.17) is 5.73 Å². The van der Waals surface area contributed by atoms with Crippen molar-refractivity contribution >= 4 is 17.3 Å². The Morgan fingerprint density at radius 1 is 1.33 bits per heavy atom. The Kier molecular flexibility index (Phi) is 4.77. The Morgan fingerprint density at radius 2 is 2.14 bits per heavy atom. The van der Waals surface area contributed by atoms with Crippen molar-refractivity contribution in [2.24, 2.45) is 0 Å². The lowest BCUT2D eigenvalue weighted by atomic mass is 10.1. The number of hydrogen-bond donors (Lipinski definition) is 3. The fourth-order valence-electron chi connectivity index (χ4n) is 2.00. The van der Waals surface area contributed by atoms with Crippen molar-refractivity contribution in [3.8, 4) is 0 Å². The summed E-state index contributed by atoms with van der Waals surface area (Å²) in [5, 5.41) is 6.05. The van der Waals surface area contributed by atoms with Gasteiger partial charge in [-0.3, -0.25) is 9.78 Å². The minimum absolute atomic E-state index is 0.0966. The molecule has 4 N–H and O–H groups in total. The van der Waals surface area contributed by atoms with Crippen LogP contribution in [-0.2, 0) is 6.54 Å². The van der Waals surface area contributed by atoms with Gasteiger partial charge < -0.3 is 16.4 Å². The first-order valence-corrected chi connectivity index (χ1v) is 6.93.